The van der Waals surface area contributed by atoms with E-state index in [0.717, 1.165) is 0 Å². The zero-order chi connectivity index (χ0) is 16.4. The molecule has 3 aromatic heterocycles. The summed E-state index contributed by atoms with van der Waals surface area (Å²) in [4.78, 5) is 29.4. The Morgan fingerprint density at radius 1 is 1.52 bits per heavy atom. The molecule has 0 aliphatic heterocycles. The van der Waals surface area contributed by atoms with Crippen LogP contribution in [0.4, 0.5) is 0 Å². The van der Waals surface area contributed by atoms with Gasteiger partial charge < -0.3 is 9.73 Å². The van der Waals surface area contributed by atoms with Crippen LogP contribution in [0, 0.1) is 0 Å². The molecule has 3 aromatic rings. The van der Waals surface area contributed by atoms with E-state index in [1.54, 1.807) is 25.4 Å². The van der Waals surface area contributed by atoms with E-state index in [2.05, 4.69) is 10.3 Å². The number of aromatic nitrogens is 2. The Balaban J connectivity index is 1.67. The fraction of sp³-hybridized carbons (Fsp3) is 0.267. The Kier molecular flexibility index (Phi) is 4.53. The second-order valence-electron chi connectivity index (χ2n) is 4.99. The van der Waals surface area contributed by atoms with Crippen LogP contribution in [0.2, 0.25) is 0 Å². The maximum Gasteiger partial charge on any atom is 0.262 e. The van der Waals surface area contributed by atoms with Crippen molar-refractivity contribution in [3.05, 3.63) is 46.0 Å². The van der Waals surface area contributed by atoms with Crippen molar-refractivity contribution >= 4 is 39.2 Å². The highest BCUT2D eigenvalue weighted by Crippen LogP contribution is 2.20. The van der Waals surface area contributed by atoms with Crippen LogP contribution >= 0.6 is 23.1 Å². The van der Waals surface area contributed by atoms with E-state index in [1.807, 2.05) is 18.4 Å². The monoisotopic (exact) mass is 349 g/mol. The molecule has 0 saturated heterocycles. The smallest absolute Gasteiger partial charge is 0.262 e. The standard InChI is InChI=1S/C15H15N3O3S2/c1-9(11-4-3-6-21-11)16-12(19)8-23-15-17-13-10(5-7-22-13)14(20)18(15)2/h3-7,9H,8H2,1-2H3,(H,16,19). The van der Waals surface area contributed by atoms with E-state index in [9.17, 15) is 9.59 Å². The number of nitrogens with zero attached hydrogens (tertiary/aromatic N) is 2. The van der Waals surface area contributed by atoms with Crippen LogP contribution in [-0.2, 0) is 11.8 Å². The number of amides is 1. The van der Waals surface area contributed by atoms with Crippen molar-refractivity contribution < 1.29 is 9.21 Å². The second-order valence-corrected chi connectivity index (χ2v) is 6.83. The van der Waals surface area contributed by atoms with Crippen molar-refractivity contribution in [3.63, 3.8) is 0 Å². The van der Waals surface area contributed by atoms with Crippen molar-refractivity contribution in [2.45, 2.75) is 18.1 Å². The predicted octanol–water partition coefficient (Wildman–Crippen LogP) is 2.56. The topological polar surface area (TPSA) is 77.1 Å². The molecule has 0 aromatic carbocycles. The van der Waals surface area contributed by atoms with E-state index in [1.165, 1.54) is 27.7 Å². The van der Waals surface area contributed by atoms with Gasteiger partial charge in [0.2, 0.25) is 5.91 Å². The Labute approximate surface area is 140 Å². The van der Waals surface area contributed by atoms with Crippen LogP contribution in [0.5, 0.6) is 0 Å². The van der Waals surface area contributed by atoms with Crippen LogP contribution in [0.15, 0.2) is 44.2 Å². The first-order chi connectivity index (χ1) is 11.1. The third kappa shape index (κ3) is 3.32. The van der Waals surface area contributed by atoms with Crippen LogP contribution in [0.25, 0.3) is 10.2 Å². The molecule has 0 spiro atoms. The van der Waals surface area contributed by atoms with Crippen molar-refractivity contribution in [1.29, 1.82) is 0 Å². The molecular formula is C15H15N3O3S2. The number of carbonyl (C=O) groups is 1. The van der Waals surface area contributed by atoms with E-state index in [0.29, 0.717) is 21.1 Å². The minimum atomic E-state index is -0.199. The predicted molar refractivity (Wildman–Crippen MR) is 90.9 cm³/mol. The van der Waals surface area contributed by atoms with Gasteiger partial charge in [0.05, 0.1) is 23.4 Å². The molecule has 3 rings (SSSR count). The van der Waals surface area contributed by atoms with Crippen LogP contribution in [0.1, 0.15) is 18.7 Å². The molecule has 6 nitrogen and oxygen atoms in total. The largest absolute Gasteiger partial charge is 0.467 e. The zero-order valence-corrected chi connectivity index (χ0v) is 14.2. The van der Waals surface area contributed by atoms with Crippen molar-refractivity contribution in [2.24, 2.45) is 7.05 Å². The summed E-state index contributed by atoms with van der Waals surface area (Å²) in [5.41, 5.74) is -0.0943. The summed E-state index contributed by atoms with van der Waals surface area (Å²) in [5, 5.41) is 5.83. The summed E-state index contributed by atoms with van der Waals surface area (Å²) in [6.45, 7) is 1.85. The van der Waals surface area contributed by atoms with Gasteiger partial charge in [-0.05, 0) is 30.5 Å². The minimum absolute atomic E-state index is 0.0943. The lowest BCUT2D eigenvalue weighted by Gasteiger charge is -2.11. The number of furan rings is 1. The van der Waals surface area contributed by atoms with Gasteiger partial charge in [-0.15, -0.1) is 11.3 Å². The molecule has 3 heterocycles. The average Bonchev–Trinajstić information content (AvgIpc) is 3.20. The van der Waals surface area contributed by atoms with Crippen molar-refractivity contribution in [1.82, 2.24) is 14.9 Å². The molecule has 120 valence electrons. The number of carbonyl (C=O) groups excluding carboxylic acids is 1. The second kappa shape index (κ2) is 6.59. The lowest BCUT2D eigenvalue weighted by molar-refractivity contribution is -0.119. The third-order valence-electron chi connectivity index (χ3n) is 3.34. The number of thioether (sulfide) groups is 1. The van der Waals surface area contributed by atoms with Gasteiger partial charge in [0, 0.05) is 7.05 Å². The highest BCUT2D eigenvalue weighted by atomic mass is 32.2. The summed E-state index contributed by atoms with van der Waals surface area (Å²) in [6.07, 6.45) is 1.57. The summed E-state index contributed by atoms with van der Waals surface area (Å²) < 4.78 is 6.73. The molecule has 0 aliphatic carbocycles. The molecule has 1 N–H and O–H groups in total. The summed E-state index contributed by atoms with van der Waals surface area (Å²) >= 11 is 2.66. The summed E-state index contributed by atoms with van der Waals surface area (Å²) in [7, 11) is 1.66. The number of hydrogen-bond acceptors (Lipinski definition) is 6. The fourth-order valence-electron chi connectivity index (χ4n) is 2.13. The Bertz CT molecular complexity index is 883. The molecule has 8 heteroatoms. The zero-order valence-electron chi connectivity index (χ0n) is 12.6. The molecule has 0 aliphatic rings. The minimum Gasteiger partial charge on any atom is -0.467 e. The Morgan fingerprint density at radius 2 is 2.35 bits per heavy atom. The fourth-order valence-corrected chi connectivity index (χ4v) is 3.72. The highest BCUT2D eigenvalue weighted by Gasteiger charge is 2.14. The van der Waals surface area contributed by atoms with E-state index in [4.69, 9.17) is 4.42 Å². The van der Waals surface area contributed by atoms with Crippen molar-refractivity contribution in [2.75, 3.05) is 5.75 Å². The number of thiophene rings is 1. The number of nitrogens with one attached hydrogen (secondary N) is 1. The Morgan fingerprint density at radius 3 is 3.09 bits per heavy atom. The normalized spacial score (nSPS) is 12.4. The van der Waals surface area contributed by atoms with E-state index in [-0.39, 0.29) is 23.3 Å². The average molecular weight is 349 g/mol. The third-order valence-corrected chi connectivity index (χ3v) is 5.18. The maximum atomic E-state index is 12.2. The number of rotatable bonds is 5. The van der Waals surface area contributed by atoms with Gasteiger partial charge in [0.15, 0.2) is 5.16 Å². The summed E-state index contributed by atoms with van der Waals surface area (Å²) in [6, 6.07) is 5.16. The lowest BCUT2D eigenvalue weighted by Crippen LogP contribution is -2.28. The first-order valence-corrected chi connectivity index (χ1v) is 8.82. The number of fused-ring (bicyclic) bond motifs is 1. The van der Waals surface area contributed by atoms with Crippen LogP contribution < -0.4 is 10.9 Å². The molecule has 0 radical (unpaired) electrons. The van der Waals surface area contributed by atoms with E-state index < -0.39 is 0 Å². The lowest BCUT2D eigenvalue weighted by atomic mass is 10.2. The van der Waals surface area contributed by atoms with E-state index >= 15 is 0 Å². The Hall–Kier alpha value is -2.06. The van der Waals surface area contributed by atoms with Gasteiger partial charge in [0.1, 0.15) is 10.6 Å². The van der Waals surface area contributed by atoms with Gasteiger partial charge in [0.25, 0.3) is 5.56 Å². The summed E-state index contributed by atoms with van der Waals surface area (Å²) in [5.74, 6) is 0.746. The van der Waals surface area contributed by atoms with Crippen molar-refractivity contribution in [3.8, 4) is 0 Å². The molecule has 0 bridgehead atoms. The van der Waals surface area contributed by atoms with Crippen LogP contribution in [-0.4, -0.2) is 21.2 Å². The molecule has 0 saturated carbocycles. The first-order valence-electron chi connectivity index (χ1n) is 6.96. The van der Waals surface area contributed by atoms with Gasteiger partial charge in [-0.1, -0.05) is 11.8 Å². The van der Waals surface area contributed by atoms with Crippen LogP contribution in [0.3, 0.4) is 0 Å². The first kappa shape index (κ1) is 15.8. The molecule has 1 atom stereocenters. The molecular weight excluding hydrogens is 334 g/mol. The van der Waals surface area contributed by atoms with Gasteiger partial charge in [-0.2, -0.15) is 0 Å². The molecule has 1 amide bonds. The maximum absolute atomic E-state index is 12.2. The molecule has 23 heavy (non-hydrogen) atoms. The van der Waals surface area contributed by atoms with Gasteiger partial charge in [-0.3, -0.25) is 14.2 Å². The van der Waals surface area contributed by atoms with Gasteiger partial charge in [-0.25, -0.2) is 4.98 Å². The SMILES string of the molecule is CC(NC(=O)CSc1nc2sccc2c(=O)n1C)c1ccco1. The molecule has 1 unspecified atom stereocenters. The number of hydrogen-bond donors (Lipinski definition) is 1. The highest BCUT2D eigenvalue weighted by molar-refractivity contribution is 7.99. The van der Waals surface area contributed by atoms with Gasteiger partial charge >= 0.3 is 0 Å². The quantitative estimate of drug-likeness (QED) is 0.566. The molecule has 0 fully saturated rings.